The van der Waals surface area contributed by atoms with Gasteiger partial charge in [0.05, 0.1) is 36.0 Å². The van der Waals surface area contributed by atoms with Gasteiger partial charge in [0.15, 0.2) is 0 Å². The van der Waals surface area contributed by atoms with Crippen LogP contribution >= 0.6 is 0 Å². The molecule has 1 atom stereocenters. The van der Waals surface area contributed by atoms with E-state index in [-0.39, 0.29) is 17.4 Å². The predicted octanol–water partition coefficient (Wildman–Crippen LogP) is 6.07. The zero-order valence-electron chi connectivity index (χ0n) is 21.9. The molecule has 4 rings (SSSR count). The van der Waals surface area contributed by atoms with Crippen LogP contribution < -0.4 is 14.4 Å². The van der Waals surface area contributed by atoms with Crippen molar-refractivity contribution in [3.8, 4) is 17.6 Å². The number of hydrogen-bond acceptors (Lipinski definition) is 6. The summed E-state index contributed by atoms with van der Waals surface area (Å²) in [6.45, 7) is 8.26. The first-order valence-corrected chi connectivity index (χ1v) is 12.6. The fourth-order valence-electron chi connectivity index (χ4n) is 4.47. The van der Waals surface area contributed by atoms with E-state index in [1.54, 1.807) is 66.7 Å². The normalized spacial score (nSPS) is 16.5. The number of Topliss-reactive ketones (excluding diaryl/α,β-unsaturated/α-hetero) is 1. The molecule has 1 N–H and O–H groups in total. The molecule has 1 heterocycles. The highest BCUT2D eigenvalue weighted by atomic mass is 16.5. The van der Waals surface area contributed by atoms with Crippen LogP contribution in [-0.4, -0.2) is 29.5 Å². The first-order chi connectivity index (χ1) is 18.2. The second-order valence-corrected chi connectivity index (χ2v) is 9.40. The number of carbonyl (C=O) groups is 2. The van der Waals surface area contributed by atoms with E-state index in [4.69, 9.17) is 9.47 Å². The molecule has 38 heavy (non-hydrogen) atoms. The Morgan fingerprint density at radius 1 is 1.08 bits per heavy atom. The maximum Gasteiger partial charge on any atom is 0.300 e. The smallest absolute Gasteiger partial charge is 0.300 e. The molecule has 194 valence electrons. The van der Waals surface area contributed by atoms with Crippen molar-refractivity contribution in [2.75, 3.05) is 11.5 Å². The summed E-state index contributed by atoms with van der Waals surface area (Å²) in [6.07, 6.45) is 0.783. The zero-order valence-corrected chi connectivity index (χ0v) is 21.9. The van der Waals surface area contributed by atoms with E-state index in [9.17, 15) is 20.0 Å². The lowest BCUT2D eigenvalue weighted by molar-refractivity contribution is -0.132. The molecule has 0 aromatic heterocycles. The van der Waals surface area contributed by atoms with E-state index in [1.807, 2.05) is 27.7 Å². The average molecular weight is 511 g/mol. The van der Waals surface area contributed by atoms with Gasteiger partial charge in [-0.2, -0.15) is 5.26 Å². The van der Waals surface area contributed by atoms with E-state index in [2.05, 4.69) is 6.07 Å². The first-order valence-electron chi connectivity index (χ1n) is 12.6. The fourth-order valence-corrected chi connectivity index (χ4v) is 4.47. The number of benzene rings is 3. The maximum atomic E-state index is 13.4. The van der Waals surface area contributed by atoms with Gasteiger partial charge in [-0.25, -0.2) is 0 Å². The summed E-state index contributed by atoms with van der Waals surface area (Å²) in [5, 5.41) is 20.7. The van der Waals surface area contributed by atoms with Crippen LogP contribution in [0.5, 0.6) is 11.5 Å². The van der Waals surface area contributed by atoms with Gasteiger partial charge in [-0.3, -0.25) is 14.5 Å². The van der Waals surface area contributed by atoms with Crippen LogP contribution in [0.4, 0.5) is 5.69 Å². The van der Waals surface area contributed by atoms with Crippen LogP contribution in [0, 0.1) is 18.3 Å². The number of rotatable bonds is 8. The molecule has 7 heteroatoms. The van der Waals surface area contributed by atoms with Crippen molar-refractivity contribution in [1.82, 2.24) is 0 Å². The Hall–Kier alpha value is -4.57. The molecule has 1 amide bonds. The fraction of sp³-hybridized carbons (Fsp3) is 0.258. The minimum atomic E-state index is -0.907. The molecular formula is C31H30N2O5. The van der Waals surface area contributed by atoms with E-state index in [0.29, 0.717) is 40.5 Å². The van der Waals surface area contributed by atoms with Gasteiger partial charge in [0.2, 0.25) is 0 Å². The minimum absolute atomic E-state index is 0.0253. The summed E-state index contributed by atoms with van der Waals surface area (Å²) in [7, 11) is 0. The van der Waals surface area contributed by atoms with E-state index in [0.717, 1.165) is 12.0 Å². The standard InChI is InChI=1S/C31H30N2O5/c1-5-15-37-26-14-11-23(16-20(26)4)29(34)27-28(22-7-6-8-25(17-22)38-19(2)3)33(31(36)30(27)35)24-12-9-21(18-32)10-13-24/h6-14,16-17,19,28,34H,5,15H2,1-4H3/b29-27+. The quantitative estimate of drug-likeness (QED) is 0.224. The van der Waals surface area contributed by atoms with Crippen LogP contribution in [0.1, 0.15) is 55.5 Å². The van der Waals surface area contributed by atoms with Gasteiger partial charge in [0, 0.05) is 11.3 Å². The van der Waals surface area contributed by atoms with Gasteiger partial charge < -0.3 is 14.6 Å². The molecule has 1 fully saturated rings. The second-order valence-electron chi connectivity index (χ2n) is 9.40. The van der Waals surface area contributed by atoms with Gasteiger partial charge in [-0.15, -0.1) is 0 Å². The largest absolute Gasteiger partial charge is 0.507 e. The number of ketones is 1. The number of ether oxygens (including phenoxy) is 2. The molecule has 0 aliphatic carbocycles. The van der Waals surface area contributed by atoms with Crippen LogP contribution in [0.3, 0.4) is 0 Å². The highest BCUT2D eigenvalue weighted by Crippen LogP contribution is 2.43. The monoisotopic (exact) mass is 510 g/mol. The van der Waals surface area contributed by atoms with Crippen molar-refractivity contribution in [3.05, 3.63) is 94.6 Å². The molecule has 1 unspecified atom stereocenters. The minimum Gasteiger partial charge on any atom is -0.507 e. The average Bonchev–Trinajstić information content (AvgIpc) is 3.17. The van der Waals surface area contributed by atoms with Crippen LogP contribution in [-0.2, 0) is 9.59 Å². The highest BCUT2D eigenvalue weighted by molar-refractivity contribution is 6.51. The number of hydrogen-bond donors (Lipinski definition) is 1. The van der Waals surface area contributed by atoms with Gasteiger partial charge in [-0.05, 0) is 92.9 Å². The van der Waals surface area contributed by atoms with Crippen molar-refractivity contribution in [2.24, 2.45) is 0 Å². The number of aliphatic hydroxyl groups excluding tert-OH is 1. The summed E-state index contributed by atoms with van der Waals surface area (Å²) in [5.41, 5.74) is 2.65. The Labute approximate surface area is 222 Å². The van der Waals surface area contributed by atoms with E-state index >= 15 is 0 Å². The van der Waals surface area contributed by atoms with Gasteiger partial charge in [0.1, 0.15) is 17.3 Å². The number of amides is 1. The molecule has 1 aliphatic rings. The Balaban J connectivity index is 1.88. The molecule has 1 aliphatic heterocycles. The molecule has 0 radical (unpaired) electrons. The van der Waals surface area contributed by atoms with Crippen molar-refractivity contribution in [1.29, 1.82) is 5.26 Å². The van der Waals surface area contributed by atoms with Gasteiger partial charge >= 0.3 is 0 Å². The van der Waals surface area contributed by atoms with E-state index < -0.39 is 17.7 Å². The zero-order chi connectivity index (χ0) is 27.4. The number of anilines is 1. The lowest BCUT2D eigenvalue weighted by atomic mass is 9.94. The number of carbonyl (C=O) groups excluding carboxylic acids is 2. The summed E-state index contributed by atoms with van der Waals surface area (Å²) >= 11 is 0. The Morgan fingerprint density at radius 2 is 1.82 bits per heavy atom. The molecule has 1 saturated heterocycles. The maximum absolute atomic E-state index is 13.4. The summed E-state index contributed by atoms with van der Waals surface area (Å²) < 4.78 is 11.6. The van der Waals surface area contributed by atoms with E-state index in [1.165, 1.54) is 4.90 Å². The Morgan fingerprint density at radius 3 is 2.45 bits per heavy atom. The molecule has 7 nitrogen and oxygen atoms in total. The molecule has 0 saturated carbocycles. The molecule has 0 spiro atoms. The third-order valence-corrected chi connectivity index (χ3v) is 6.17. The number of nitriles is 1. The topological polar surface area (TPSA) is 99.9 Å². The predicted molar refractivity (Wildman–Crippen MR) is 145 cm³/mol. The van der Waals surface area contributed by atoms with Crippen molar-refractivity contribution < 1.29 is 24.2 Å². The third kappa shape index (κ3) is 5.25. The van der Waals surface area contributed by atoms with Crippen LogP contribution in [0.15, 0.2) is 72.3 Å². The molecule has 3 aromatic rings. The Kier molecular flexibility index (Phi) is 7.82. The van der Waals surface area contributed by atoms with Crippen molar-refractivity contribution in [3.63, 3.8) is 0 Å². The van der Waals surface area contributed by atoms with Crippen molar-refractivity contribution >= 4 is 23.1 Å². The second kappa shape index (κ2) is 11.2. The molecular weight excluding hydrogens is 480 g/mol. The molecule has 3 aromatic carbocycles. The number of aryl methyl sites for hydroxylation is 1. The molecule has 0 bridgehead atoms. The number of aliphatic hydroxyl groups is 1. The first kappa shape index (κ1) is 26.5. The Bertz CT molecular complexity index is 1430. The van der Waals surface area contributed by atoms with Crippen LogP contribution in [0.25, 0.3) is 5.76 Å². The van der Waals surface area contributed by atoms with Gasteiger partial charge in [-0.1, -0.05) is 19.1 Å². The number of nitrogens with zero attached hydrogens (tertiary/aromatic N) is 2. The van der Waals surface area contributed by atoms with Crippen molar-refractivity contribution in [2.45, 2.75) is 46.3 Å². The third-order valence-electron chi connectivity index (χ3n) is 6.17. The van der Waals surface area contributed by atoms with Gasteiger partial charge in [0.25, 0.3) is 11.7 Å². The summed E-state index contributed by atoms with van der Waals surface area (Å²) in [6, 6.07) is 19.9. The lowest BCUT2D eigenvalue weighted by Gasteiger charge is -2.26. The summed E-state index contributed by atoms with van der Waals surface area (Å²) in [5.74, 6) is -0.565. The SMILES string of the molecule is CCCOc1ccc(/C(O)=C2\C(=O)C(=O)N(c3ccc(C#N)cc3)C2c2cccc(OC(C)C)c2)cc1C. The lowest BCUT2D eigenvalue weighted by Crippen LogP contribution is -2.29. The van der Waals surface area contributed by atoms with Crippen LogP contribution in [0.2, 0.25) is 0 Å². The summed E-state index contributed by atoms with van der Waals surface area (Å²) in [4.78, 5) is 28.2. The highest BCUT2D eigenvalue weighted by Gasteiger charge is 2.47.